The monoisotopic (exact) mass is 515 g/mol. The first kappa shape index (κ1) is 26.8. The third-order valence-electron chi connectivity index (χ3n) is 6.07. The van der Waals surface area contributed by atoms with Crippen molar-refractivity contribution in [2.45, 2.75) is 52.5 Å². The van der Waals surface area contributed by atoms with Crippen LogP contribution in [0, 0.1) is 0 Å². The predicted octanol–water partition coefficient (Wildman–Crippen LogP) is 5.89. The quantitative estimate of drug-likeness (QED) is 0.217. The number of methoxy groups -OCH3 is 1. The van der Waals surface area contributed by atoms with Gasteiger partial charge in [0.25, 0.3) is 11.7 Å². The fourth-order valence-corrected chi connectivity index (χ4v) is 4.51. The number of Topliss-reactive ketones (excluding diaryl/α,β-unsaturated/α-hetero) is 1. The Hall–Kier alpha value is -4.26. The van der Waals surface area contributed by atoms with Crippen molar-refractivity contribution in [1.29, 1.82) is 0 Å². The molecule has 0 aliphatic carbocycles. The summed E-state index contributed by atoms with van der Waals surface area (Å²) in [4.78, 5) is 28.3. The highest BCUT2D eigenvalue weighted by Gasteiger charge is 2.46. The van der Waals surface area contributed by atoms with Crippen molar-refractivity contribution in [3.63, 3.8) is 0 Å². The van der Waals surface area contributed by atoms with Gasteiger partial charge in [0, 0.05) is 12.1 Å². The molecule has 1 fully saturated rings. The number of hydrogen-bond donors (Lipinski definition) is 1. The summed E-state index contributed by atoms with van der Waals surface area (Å²) in [6.45, 7) is 7.88. The van der Waals surface area contributed by atoms with Crippen LogP contribution in [0.2, 0.25) is 0 Å². The second kappa shape index (κ2) is 11.4. The number of nitrogens with zero attached hydrogens (tertiary/aromatic N) is 1. The number of aliphatic hydroxyl groups is 1. The Morgan fingerprint density at radius 3 is 2.13 bits per heavy atom. The van der Waals surface area contributed by atoms with Crippen LogP contribution in [-0.4, -0.2) is 41.0 Å². The van der Waals surface area contributed by atoms with Crippen LogP contribution >= 0.6 is 0 Å². The molecule has 7 nitrogen and oxygen atoms in total. The minimum atomic E-state index is -0.814. The van der Waals surface area contributed by atoms with Gasteiger partial charge in [-0.15, -0.1) is 0 Å². The van der Waals surface area contributed by atoms with Gasteiger partial charge in [-0.2, -0.15) is 0 Å². The summed E-state index contributed by atoms with van der Waals surface area (Å²) in [7, 11) is 1.55. The van der Waals surface area contributed by atoms with E-state index in [-0.39, 0.29) is 30.1 Å². The molecule has 198 valence electrons. The molecule has 1 N–H and O–H groups in total. The van der Waals surface area contributed by atoms with E-state index in [1.54, 1.807) is 49.6 Å². The molecule has 1 aliphatic rings. The van der Waals surface area contributed by atoms with E-state index in [1.165, 1.54) is 4.90 Å². The Kier molecular flexibility index (Phi) is 8.05. The van der Waals surface area contributed by atoms with Crippen LogP contribution in [0.15, 0.2) is 78.4 Å². The molecule has 1 amide bonds. The fraction of sp³-hybridized carbons (Fsp3) is 0.290. The molecule has 7 heteroatoms. The summed E-state index contributed by atoms with van der Waals surface area (Å²) in [5.74, 6) is 0.226. The van der Waals surface area contributed by atoms with Gasteiger partial charge in [0.2, 0.25) is 0 Å². The summed E-state index contributed by atoms with van der Waals surface area (Å²) in [6.07, 6.45) is -0.00846. The predicted molar refractivity (Wildman–Crippen MR) is 145 cm³/mol. The third-order valence-corrected chi connectivity index (χ3v) is 6.07. The van der Waals surface area contributed by atoms with Crippen molar-refractivity contribution in [2.24, 2.45) is 0 Å². The number of likely N-dealkylation sites (tertiary alicyclic amines) is 1. The fourth-order valence-electron chi connectivity index (χ4n) is 4.51. The lowest BCUT2D eigenvalue weighted by Crippen LogP contribution is -2.29. The molecule has 4 rings (SSSR count). The van der Waals surface area contributed by atoms with Gasteiger partial charge >= 0.3 is 0 Å². The molecule has 1 aliphatic heterocycles. The number of rotatable bonds is 9. The molecule has 1 unspecified atom stereocenters. The first-order valence-electron chi connectivity index (χ1n) is 12.6. The molecule has 38 heavy (non-hydrogen) atoms. The van der Waals surface area contributed by atoms with Crippen molar-refractivity contribution in [3.8, 4) is 17.2 Å². The van der Waals surface area contributed by atoms with E-state index in [4.69, 9.17) is 14.2 Å². The number of amides is 1. The van der Waals surface area contributed by atoms with Crippen LogP contribution in [0.3, 0.4) is 0 Å². The van der Waals surface area contributed by atoms with Crippen LogP contribution in [0.25, 0.3) is 5.76 Å². The first-order chi connectivity index (χ1) is 18.2. The van der Waals surface area contributed by atoms with Crippen molar-refractivity contribution < 1.29 is 28.9 Å². The summed E-state index contributed by atoms with van der Waals surface area (Å²) in [5, 5.41) is 11.4. The van der Waals surface area contributed by atoms with E-state index in [0.29, 0.717) is 28.4 Å². The highest BCUT2D eigenvalue weighted by atomic mass is 16.5. The minimum absolute atomic E-state index is 0.00252. The topological polar surface area (TPSA) is 85.3 Å². The van der Waals surface area contributed by atoms with E-state index in [0.717, 1.165) is 5.56 Å². The van der Waals surface area contributed by atoms with Crippen molar-refractivity contribution >= 4 is 17.4 Å². The molecule has 0 bridgehead atoms. The van der Waals surface area contributed by atoms with Crippen molar-refractivity contribution in [2.75, 3.05) is 7.11 Å². The van der Waals surface area contributed by atoms with Gasteiger partial charge < -0.3 is 24.2 Å². The number of hydrogen-bond acceptors (Lipinski definition) is 6. The number of aliphatic hydroxyl groups excluding tert-OH is 1. The largest absolute Gasteiger partial charge is 0.507 e. The second-order valence-corrected chi connectivity index (χ2v) is 9.71. The average Bonchev–Trinajstić information content (AvgIpc) is 3.13. The number of carbonyl (C=O) groups excluding carboxylic acids is 2. The van der Waals surface area contributed by atoms with Gasteiger partial charge in [-0.25, -0.2) is 0 Å². The lowest BCUT2D eigenvalue weighted by molar-refractivity contribution is -0.140. The molecule has 0 spiro atoms. The average molecular weight is 516 g/mol. The van der Waals surface area contributed by atoms with E-state index >= 15 is 0 Å². The Labute approximate surface area is 223 Å². The Morgan fingerprint density at radius 1 is 0.842 bits per heavy atom. The molecule has 0 radical (unpaired) electrons. The molecule has 1 atom stereocenters. The zero-order valence-corrected chi connectivity index (χ0v) is 22.3. The van der Waals surface area contributed by atoms with Gasteiger partial charge in [-0.3, -0.25) is 9.59 Å². The summed E-state index contributed by atoms with van der Waals surface area (Å²) in [6, 6.07) is 20.6. The van der Waals surface area contributed by atoms with E-state index in [9.17, 15) is 14.7 Å². The van der Waals surface area contributed by atoms with Crippen LogP contribution in [0.5, 0.6) is 17.2 Å². The zero-order valence-electron chi connectivity index (χ0n) is 22.3. The highest BCUT2D eigenvalue weighted by Crippen LogP contribution is 2.41. The molecule has 1 heterocycles. The number of carbonyl (C=O) groups is 2. The maximum absolute atomic E-state index is 13.4. The second-order valence-electron chi connectivity index (χ2n) is 9.71. The molecule has 1 saturated heterocycles. The van der Waals surface area contributed by atoms with Gasteiger partial charge in [0.1, 0.15) is 23.0 Å². The van der Waals surface area contributed by atoms with E-state index < -0.39 is 17.7 Å². The standard InChI is InChI=1S/C31H33NO6/c1-19(2)37-24-14-12-22(13-15-24)29(33)27-28(23-9-7-10-25(17-23)36-5)32(31(35)30(27)34)18-21-8-6-11-26(16-21)38-20(3)4/h6-17,19-20,28,33H,18H2,1-5H3/b29-27-. The van der Waals surface area contributed by atoms with E-state index in [2.05, 4.69) is 0 Å². The summed E-state index contributed by atoms with van der Waals surface area (Å²) in [5.41, 5.74) is 1.89. The Balaban J connectivity index is 1.79. The SMILES string of the molecule is COc1cccc(C2/C(=C(/O)c3ccc(OC(C)C)cc3)C(=O)C(=O)N2Cc2cccc(OC(C)C)c2)c1. The molecule has 0 saturated carbocycles. The number of benzene rings is 3. The van der Waals surface area contributed by atoms with Gasteiger partial charge in [-0.1, -0.05) is 24.3 Å². The molecule has 3 aromatic rings. The zero-order chi connectivity index (χ0) is 27.4. The van der Waals surface area contributed by atoms with Gasteiger partial charge in [0.05, 0.1) is 30.9 Å². The van der Waals surface area contributed by atoms with Gasteiger partial charge in [-0.05, 0) is 87.4 Å². The Bertz CT molecular complexity index is 1340. The molecular formula is C31H33NO6. The van der Waals surface area contributed by atoms with Crippen molar-refractivity contribution in [1.82, 2.24) is 4.90 Å². The number of ether oxygens (including phenoxy) is 3. The van der Waals surface area contributed by atoms with Crippen LogP contribution in [0.1, 0.15) is 50.4 Å². The van der Waals surface area contributed by atoms with Crippen LogP contribution < -0.4 is 14.2 Å². The highest BCUT2D eigenvalue weighted by molar-refractivity contribution is 6.46. The lowest BCUT2D eigenvalue weighted by atomic mass is 9.95. The maximum Gasteiger partial charge on any atom is 0.295 e. The minimum Gasteiger partial charge on any atom is -0.507 e. The summed E-state index contributed by atoms with van der Waals surface area (Å²) < 4.78 is 16.9. The van der Waals surface area contributed by atoms with Crippen molar-refractivity contribution in [3.05, 3.63) is 95.1 Å². The smallest absolute Gasteiger partial charge is 0.295 e. The third kappa shape index (κ3) is 5.83. The number of ketones is 1. The first-order valence-corrected chi connectivity index (χ1v) is 12.6. The van der Waals surface area contributed by atoms with Crippen LogP contribution in [0.4, 0.5) is 0 Å². The van der Waals surface area contributed by atoms with E-state index in [1.807, 2.05) is 58.0 Å². The van der Waals surface area contributed by atoms with Gasteiger partial charge in [0.15, 0.2) is 0 Å². The van der Waals surface area contributed by atoms with Crippen LogP contribution in [-0.2, 0) is 16.1 Å². The summed E-state index contributed by atoms with van der Waals surface area (Å²) >= 11 is 0. The lowest BCUT2D eigenvalue weighted by Gasteiger charge is -2.26. The molecule has 0 aromatic heterocycles. The molecular weight excluding hydrogens is 482 g/mol. The Morgan fingerprint density at radius 2 is 1.47 bits per heavy atom. The maximum atomic E-state index is 13.4. The normalized spacial score (nSPS) is 16.8. The molecule has 3 aromatic carbocycles.